The zero-order valence-corrected chi connectivity index (χ0v) is 23.1. The number of methoxy groups -OCH3 is 1. The summed E-state index contributed by atoms with van der Waals surface area (Å²) in [7, 11) is -2.44. The van der Waals surface area contributed by atoms with Crippen LogP contribution in [0.4, 0.5) is 4.79 Å². The first-order chi connectivity index (χ1) is 19.1. The summed E-state index contributed by atoms with van der Waals surface area (Å²) in [5.74, 6) is -0.259. The maximum Gasteiger partial charge on any atom is 0.415 e. The van der Waals surface area contributed by atoms with E-state index in [1.165, 1.54) is 42.6 Å². The van der Waals surface area contributed by atoms with Gasteiger partial charge < -0.3 is 24.1 Å². The van der Waals surface area contributed by atoms with Crippen LogP contribution in [0.25, 0.3) is 11.0 Å². The largest absolute Gasteiger partial charge is 0.497 e. The van der Waals surface area contributed by atoms with Crippen molar-refractivity contribution < 1.29 is 36.7 Å². The Morgan fingerprint density at radius 1 is 1.23 bits per heavy atom. The SMILES string of the molecule is COc1ccc2oc(OC(=O)NC(CC(C)C)C(=O)N3CCC4C3C(=O)CN4S(=O)(=O)c3cccnc3)cc2c1. The number of fused-ring (bicyclic) bond motifs is 2. The van der Waals surface area contributed by atoms with E-state index in [0.29, 0.717) is 23.1 Å². The van der Waals surface area contributed by atoms with Crippen molar-refractivity contribution in [3.05, 3.63) is 48.8 Å². The first kappa shape index (κ1) is 27.6. The van der Waals surface area contributed by atoms with E-state index in [0.717, 1.165) is 4.31 Å². The van der Waals surface area contributed by atoms with Gasteiger partial charge in [-0.05, 0) is 49.1 Å². The summed E-state index contributed by atoms with van der Waals surface area (Å²) in [6.45, 7) is 3.64. The van der Waals surface area contributed by atoms with Crippen LogP contribution in [0.15, 0.2) is 58.1 Å². The summed E-state index contributed by atoms with van der Waals surface area (Å²) < 4.78 is 43.7. The number of ether oxygens (including phenoxy) is 2. The predicted octanol–water partition coefficient (Wildman–Crippen LogP) is 2.58. The van der Waals surface area contributed by atoms with Crippen LogP contribution in [0.5, 0.6) is 11.7 Å². The van der Waals surface area contributed by atoms with E-state index in [9.17, 15) is 22.8 Å². The molecule has 0 radical (unpaired) electrons. The van der Waals surface area contributed by atoms with Crippen LogP contribution in [-0.2, 0) is 19.6 Å². The summed E-state index contributed by atoms with van der Waals surface area (Å²) in [6.07, 6.45) is 2.39. The zero-order chi connectivity index (χ0) is 28.6. The van der Waals surface area contributed by atoms with Crippen LogP contribution in [-0.4, -0.2) is 78.7 Å². The molecule has 1 aromatic carbocycles. The van der Waals surface area contributed by atoms with Gasteiger partial charge in [-0.2, -0.15) is 4.31 Å². The molecule has 2 aliphatic rings. The maximum atomic E-state index is 13.7. The van der Waals surface area contributed by atoms with Gasteiger partial charge in [-0.15, -0.1) is 0 Å². The third-order valence-corrected chi connectivity index (χ3v) is 8.95. The summed E-state index contributed by atoms with van der Waals surface area (Å²) in [5, 5.41) is 3.29. The van der Waals surface area contributed by atoms with E-state index in [1.54, 1.807) is 18.2 Å². The Kier molecular flexibility index (Phi) is 7.51. The van der Waals surface area contributed by atoms with E-state index in [1.807, 2.05) is 13.8 Å². The van der Waals surface area contributed by atoms with Crippen molar-refractivity contribution in [2.45, 2.75) is 49.7 Å². The molecule has 3 aromatic rings. The van der Waals surface area contributed by atoms with Crippen LogP contribution >= 0.6 is 0 Å². The molecule has 2 fully saturated rings. The molecule has 212 valence electrons. The maximum absolute atomic E-state index is 13.7. The van der Waals surface area contributed by atoms with Crippen molar-refractivity contribution in [2.24, 2.45) is 5.92 Å². The topological polar surface area (TPSA) is 148 Å². The number of carbonyl (C=O) groups is 3. The van der Waals surface area contributed by atoms with Gasteiger partial charge in [-0.1, -0.05) is 13.8 Å². The van der Waals surface area contributed by atoms with Gasteiger partial charge in [0.15, 0.2) is 5.78 Å². The first-order valence-corrected chi connectivity index (χ1v) is 14.3. The van der Waals surface area contributed by atoms with Crippen LogP contribution in [0.1, 0.15) is 26.7 Å². The van der Waals surface area contributed by atoms with Crippen molar-refractivity contribution in [3.63, 3.8) is 0 Å². The Bertz CT molecular complexity index is 1540. The Morgan fingerprint density at radius 3 is 2.73 bits per heavy atom. The van der Waals surface area contributed by atoms with Gasteiger partial charge in [-0.3, -0.25) is 14.6 Å². The van der Waals surface area contributed by atoms with Crippen LogP contribution in [0.3, 0.4) is 0 Å². The van der Waals surface area contributed by atoms with Gasteiger partial charge in [-0.25, -0.2) is 13.2 Å². The summed E-state index contributed by atoms with van der Waals surface area (Å²) in [4.78, 5) is 44.8. The minimum absolute atomic E-state index is 0.0145. The number of Topliss-reactive ketones (excluding diaryl/α,β-unsaturated/α-hetero) is 1. The molecule has 2 amide bonds. The summed E-state index contributed by atoms with van der Waals surface area (Å²) in [5.41, 5.74) is 0.493. The fourth-order valence-corrected chi connectivity index (χ4v) is 6.90. The molecule has 2 aliphatic heterocycles. The van der Waals surface area contributed by atoms with Crippen LogP contribution in [0, 0.1) is 5.92 Å². The molecule has 0 bridgehead atoms. The lowest BCUT2D eigenvalue weighted by Crippen LogP contribution is -2.53. The number of aromatic nitrogens is 1. The molecule has 2 saturated heterocycles. The molecular weight excluding hydrogens is 540 g/mol. The molecule has 1 N–H and O–H groups in total. The highest BCUT2D eigenvalue weighted by atomic mass is 32.2. The molecule has 0 spiro atoms. The van der Waals surface area contributed by atoms with Crippen molar-refractivity contribution in [2.75, 3.05) is 20.2 Å². The second-order valence-electron chi connectivity index (χ2n) is 10.2. The highest BCUT2D eigenvalue weighted by molar-refractivity contribution is 7.89. The number of carbonyl (C=O) groups excluding carboxylic acids is 3. The van der Waals surface area contributed by atoms with Gasteiger partial charge in [0.1, 0.15) is 28.3 Å². The molecule has 40 heavy (non-hydrogen) atoms. The number of ketones is 1. The number of sulfonamides is 1. The monoisotopic (exact) mass is 570 g/mol. The van der Waals surface area contributed by atoms with Gasteiger partial charge in [0.2, 0.25) is 15.9 Å². The van der Waals surface area contributed by atoms with Crippen molar-refractivity contribution in [1.29, 1.82) is 0 Å². The lowest BCUT2D eigenvalue weighted by molar-refractivity contribution is -0.138. The summed E-state index contributed by atoms with van der Waals surface area (Å²) >= 11 is 0. The molecule has 4 heterocycles. The van der Waals surface area contributed by atoms with Crippen LogP contribution in [0.2, 0.25) is 0 Å². The first-order valence-electron chi connectivity index (χ1n) is 12.9. The number of nitrogens with zero attached hydrogens (tertiary/aromatic N) is 3. The van der Waals surface area contributed by atoms with Gasteiger partial charge in [0.05, 0.1) is 19.7 Å². The molecule has 0 aliphatic carbocycles. The van der Waals surface area contributed by atoms with E-state index in [-0.39, 0.29) is 42.1 Å². The number of amides is 2. The highest BCUT2D eigenvalue weighted by Crippen LogP contribution is 2.34. The minimum Gasteiger partial charge on any atom is -0.497 e. The molecule has 12 nitrogen and oxygen atoms in total. The third-order valence-electron chi connectivity index (χ3n) is 7.09. The molecule has 3 unspecified atom stereocenters. The fourth-order valence-electron chi connectivity index (χ4n) is 5.31. The molecule has 5 rings (SSSR count). The lowest BCUT2D eigenvalue weighted by Gasteiger charge is -2.28. The lowest BCUT2D eigenvalue weighted by atomic mass is 10.0. The van der Waals surface area contributed by atoms with Gasteiger partial charge in [0, 0.05) is 30.4 Å². The average Bonchev–Trinajstić information content (AvgIpc) is 3.62. The average molecular weight is 571 g/mol. The standard InChI is InChI=1S/C27H30N4O8S/c1-16(2)11-20(29-27(34)39-24-13-17-12-18(37-3)6-7-23(17)38-24)26(33)30-10-8-21-25(30)22(32)15-31(21)40(35,36)19-5-4-9-28-14-19/h4-7,9,12-14,16,20-21,25H,8,10-11,15H2,1-3H3,(H,29,34). The van der Waals surface area contributed by atoms with Gasteiger partial charge >= 0.3 is 6.09 Å². The van der Waals surface area contributed by atoms with Gasteiger partial charge in [0.25, 0.3) is 5.95 Å². The second kappa shape index (κ2) is 10.9. The number of hydrogen-bond acceptors (Lipinski definition) is 9. The van der Waals surface area contributed by atoms with Crippen molar-refractivity contribution in [3.8, 4) is 11.7 Å². The number of rotatable bonds is 8. The van der Waals surface area contributed by atoms with E-state index in [2.05, 4.69) is 10.3 Å². The smallest absolute Gasteiger partial charge is 0.415 e. The predicted molar refractivity (Wildman–Crippen MR) is 142 cm³/mol. The number of benzene rings is 1. The van der Waals surface area contributed by atoms with Crippen LogP contribution < -0.4 is 14.8 Å². The molecular formula is C27H30N4O8S. The molecule has 2 aromatic heterocycles. The minimum atomic E-state index is -3.98. The number of hydrogen-bond donors (Lipinski definition) is 1. The van der Waals surface area contributed by atoms with Crippen molar-refractivity contribution >= 4 is 38.8 Å². The quantitative estimate of drug-likeness (QED) is 0.431. The molecule has 0 saturated carbocycles. The zero-order valence-electron chi connectivity index (χ0n) is 22.3. The Morgan fingerprint density at radius 2 is 2.02 bits per heavy atom. The number of nitrogens with one attached hydrogen (secondary N) is 1. The number of likely N-dealkylation sites (tertiary alicyclic amines) is 1. The molecule has 3 atom stereocenters. The fraction of sp³-hybridized carbons (Fsp3) is 0.407. The second-order valence-corrected chi connectivity index (χ2v) is 12.1. The third kappa shape index (κ3) is 5.26. The Balaban J connectivity index is 1.31. The number of pyridine rings is 1. The molecule has 13 heteroatoms. The van der Waals surface area contributed by atoms with E-state index >= 15 is 0 Å². The summed E-state index contributed by atoms with van der Waals surface area (Å²) in [6, 6.07) is 6.98. The number of furan rings is 1. The van der Waals surface area contributed by atoms with E-state index < -0.39 is 40.1 Å². The van der Waals surface area contributed by atoms with E-state index in [4.69, 9.17) is 13.9 Å². The Labute approximate surface area is 231 Å². The van der Waals surface area contributed by atoms with Crippen molar-refractivity contribution in [1.82, 2.24) is 19.5 Å². The highest BCUT2D eigenvalue weighted by Gasteiger charge is 2.54. The Hall–Kier alpha value is -3.97. The normalized spacial score (nSPS) is 20.1.